The number of nitrogens with one attached hydrogen (secondary N) is 1. The smallest absolute Gasteiger partial charge is 0.345 e. The first kappa shape index (κ1) is 20.0. The van der Waals surface area contributed by atoms with Crippen molar-refractivity contribution < 1.29 is 17.7 Å². The molecule has 2 atom stereocenters. The summed E-state index contributed by atoms with van der Waals surface area (Å²) in [5.41, 5.74) is 2.09. The van der Waals surface area contributed by atoms with Crippen molar-refractivity contribution in [2.45, 2.75) is 50.9 Å². The third-order valence-electron chi connectivity index (χ3n) is 6.16. The number of aromatic amines is 1. The molecule has 2 aliphatic rings. The number of allylic oxidation sites excluding steroid dienone is 2. The van der Waals surface area contributed by atoms with Crippen LogP contribution in [0.1, 0.15) is 38.5 Å². The Kier molecular flexibility index (Phi) is 4.92. The maximum Gasteiger partial charge on any atom is 0.414 e. The molecule has 0 spiro atoms. The highest BCUT2D eigenvalue weighted by molar-refractivity contribution is 5.80. The van der Waals surface area contributed by atoms with Gasteiger partial charge in [0.25, 0.3) is 5.89 Å². The van der Waals surface area contributed by atoms with E-state index < -0.39 is 17.8 Å². The van der Waals surface area contributed by atoms with Crippen molar-refractivity contribution >= 4 is 16.6 Å². The molecule has 1 aromatic carbocycles. The molecule has 5 rings (SSSR count). The number of rotatable bonds is 3. The monoisotopic (exact) mass is 429 g/mol. The Morgan fingerprint density at radius 2 is 2.10 bits per heavy atom. The largest absolute Gasteiger partial charge is 0.414 e. The molecule has 0 bridgehead atoms. The van der Waals surface area contributed by atoms with Crippen LogP contribution in [-0.2, 0) is 0 Å². The molecule has 1 N–H and O–H groups in total. The van der Waals surface area contributed by atoms with Crippen LogP contribution in [-0.4, -0.2) is 49.8 Å². The lowest BCUT2D eigenvalue weighted by atomic mass is 9.89. The van der Waals surface area contributed by atoms with Crippen LogP contribution in [0.4, 0.5) is 13.2 Å². The number of benzene rings is 1. The summed E-state index contributed by atoms with van der Waals surface area (Å²) in [4.78, 5) is 13.5. The minimum absolute atomic E-state index is 0.0894. The van der Waals surface area contributed by atoms with Gasteiger partial charge in [-0.3, -0.25) is 4.90 Å². The number of nitrogens with zero attached hydrogens (tertiary/aromatic N) is 4. The fourth-order valence-electron chi connectivity index (χ4n) is 4.54. The molecule has 3 heterocycles. The van der Waals surface area contributed by atoms with Crippen molar-refractivity contribution in [1.82, 2.24) is 25.0 Å². The summed E-state index contributed by atoms with van der Waals surface area (Å²) in [5.74, 6) is 0.410. The van der Waals surface area contributed by atoms with Gasteiger partial charge in [-0.1, -0.05) is 17.7 Å². The predicted octanol–water partition coefficient (Wildman–Crippen LogP) is 5.13. The zero-order chi connectivity index (χ0) is 21.6. The lowest BCUT2D eigenvalue weighted by Gasteiger charge is -2.41. The van der Waals surface area contributed by atoms with Gasteiger partial charge in [0, 0.05) is 23.2 Å². The van der Waals surface area contributed by atoms with E-state index in [9.17, 15) is 13.2 Å². The third kappa shape index (κ3) is 3.78. The zero-order valence-corrected chi connectivity index (χ0v) is 17.0. The predicted molar refractivity (Wildman–Crippen MR) is 110 cm³/mol. The summed E-state index contributed by atoms with van der Waals surface area (Å²) in [6, 6.07) is 4.91. The fraction of sp³-hybridized carbons (Fsp3) is 0.409. The van der Waals surface area contributed by atoms with Crippen LogP contribution in [0.3, 0.4) is 0 Å². The van der Waals surface area contributed by atoms with Crippen LogP contribution < -0.4 is 0 Å². The van der Waals surface area contributed by atoms with Crippen LogP contribution in [0, 0.1) is 0 Å². The SMILES string of the molecule is C[C@H]1CCCCN1C1CC=C(c2nc(-c3ccc4nc[nH]c4c3)no2)C=C1C(F)(F)F. The Balaban J connectivity index is 1.45. The molecule has 31 heavy (non-hydrogen) atoms. The second-order valence-corrected chi connectivity index (χ2v) is 8.15. The lowest BCUT2D eigenvalue weighted by Crippen LogP contribution is -2.48. The average Bonchev–Trinajstić information content (AvgIpc) is 3.42. The zero-order valence-electron chi connectivity index (χ0n) is 17.0. The van der Waals surface area contributed by atoms with E-state index in [2.05, 4.69) is 20.1 Å². The molecule has 1 aliphatic carbocycles. The van der Waals surface area contributed by atoms with Gasteiger partial charge in [-0.05, 0) is 57.0 Å². The number of fused-ring (bicyclic) bond motifs is 1. The van der Waals surface area contributed by atoms with E-state index >= 15 is 0 Å². The van der Waals surface area contributed by atoms with Gasteiger partial charge in [-0.25, -0.2) is 4.98 Å². The molecule has 3 aromatic rings. The van der Waals surface area contributed by atoms with Gasteiger partial charge in [0.15, 0.2) is 0 Å². The molecule has 9 heteroatoms. The number of likely N-dealkylation sites (tertiary alicyclic amines) is 1. The van der Waals surface area contributed by atoms with E-state index in [0.29, 0.717) is 23.5 Å². The van der Waals surface area contributed by atoms with Gasteiger partial charge < -0.3 is 9.51 Å². The van der Waals surface area contributed by atoms with Gasteiger partial charge in [0.2, 0.25) is 5.82 Å². The molecule has 1 fully saturated rings. The first-order valence-electron chi connectivity index (χ1n) is 10.4. The molecule has 0 amide bonds. The molecule has 162 valence electrons. The quantitative estimate of drug-likeness (QED) is 0.625. The number of aromatic nitrogens is 4. The minimum atomic E-state index is -4.42. The molecular weight excluding hydrogens is 407 g/mol. The van der Waals surface area contributed by atoms with Crippen molar-refractivity contribution in [2.75, 3.05) is 6.54 Å². The summed E-state index contributed by atoms with van der Waals surface area (Å²) in [6.45, 7) is 2.69. The highest BCUT2D eigenvalue weighted by atomic mass is 19.4. The highest BCUT2D eigenvalue weighted by Crippen LogP contribution is 2.39. The van der Waals surface area contributed by atoms with Crippen LogP contribution in [0.2, 0.25) is 0 Å². The molecule has 1 unspecified atom stereocenters. The van der Waals surface area contributed by atoms with Gasteiger partial charge in [-0.15, -0.1) is 0 Å². The molecular formula is C22H22F3N5O. The number of halogens is 3. The fourth-order valence-corrected chi connectivity index (χ4v) is 4.54. The Hall–Kier alpha value is -2.94. The third-order valence-corrected chi connectivity index (χ3v) is 6.16. The van der Waals surface area contributed by atoms with Crippen molar-refractivity contribution in [3.63, 3.8) is 0 Å². The molecule has 6 nitrogen and oxygen atoms in total. The number of piperidine rings is 1. The molecule has 0 radical (unpaired) electrons. The number of hydrogen-bond acceptors (Lipinski definition) is 5. The Bertz CT molecular complexity index is 1160. The first-order chi connectivity index (χ1) is 14.9. The summed E-state index contributed by atoms with van der Waals surface area (Å²) in [6.07, 6.45) is 3.29. The highest BCUT2D eigenvalue weighted by Gasteiger charge is 2.43. The summed E-state index contributed by atoms with van der Waals surface area (Å²) >= 11 is 0. The lowest BCUT2D eigenvalue weighted by molar-refractivity contribution is -0.104. The van der Waals surface area contributed by atoms with Crippen LogP contribution in [0.15, 0.2) is 46.8 Å². The second kappa shape index (κ2) is 7.64. The number of imidazole rings is 1. The van der Waals surface area contributed by atoms with E-state index in [1.54, 1.807) is 18.5 Å². The van der Waals surface area contributed by atoms with Gasteiger partial charge >= 0.3 is 6.18 Å². The first-order valence-corrected chi connectivity index (χ1v) is 10.4. The molecule has 1 saturated heterocycles. The number of H-pyrrole nitrogens is 1. The van der Waals surface area contributed by atoms with Gasteiger partial charge in [0.05, 0.1) is 22.9 Å². The average molecular weight is 429 g/mol. The molecule has 1 aliphatic heterocycles. The van der Waals surface area contributed by atoms with Gasteiger partial charge in [-0.2, -0.15) is 18.2 Å². The Morgan fingerprint density at radius 3 is 2.90 bits per heavy atom. The Labute approximate surface area is 176 Å². The summed E-state index contributed by atoms with van der Waals surface area (Å²) in [7, 11) is 0. The summed E-state index contributed by atoms with van der Waals surface area (Å²) < 4.78 is 47.2. The summed E-state index contributed by atoms with van der Waals surface area (Å²) in [5, 5.41) is 3.98. The van der Waals surface area contributed by atoms with Crippen LogP contribution in [0.25, 0.3) is 28.0 Å². The van der Waals surface area contributed by atoms with Crippen LogP contribution in [0.5, 0.6) is 0 Å². The number of hydrogen-bond donors (Lipinski definition) is 1. The van der Waals surface area contributed by atoms with Crippen LogP contribution >= 0.6 is 0 Å². The maximum absolute atomic E-state index is 14.0. The maximum atomic E-state index is 14.0. The van der Waals surface area contributed by atoms with E-state index in [4.69, 9.17) is 4.52 Å². The molecule has 0 saturated carbocycles. The standard InChI is InChI=1S/C22H22F3N5O/c1-13-4-2-3-9-30(13)19-8-6-15(10-16(19)22(23,24)25)21-28-20(29-31-21)14-5-7-17-18(11-14)27-12-26-17/h5-7,10-13,19H,2-4,8-9H2,1H3,(H,26,27)/t13-,19?/m0/s1. The Morgan fingerprint density at radius 1 is 1.23 bits per heavy atom. The molecule has 2 aromatic heterocycles. The second-order valence-electron chi connectivity index (χ2n) is 8.15. The van der Waals surface area contributed by atoms with Crippen molar-refractivity contribution in [3.05, 3.63) is 48.1 Å². The van der Waals surface area contributed by atoms with E-state index in [0.717, 1.165) is 30.3 Å². The van der Waals surface area contributed by atoms with Gasteiger partial charge in [0.1, 0.15) is 0 Å². The van der Waals surface area contributed by atoms with E-state index in [1.807, 2.05) is 24.0 Å². The number of alkyl halides is 3. The van der Waals surface area contributed by atoms with Crippen molar-refractivity contribution in [1.29, 1.82) is 0 Å². The van der Waals surface area contributed by atoms with E-state index in [-0.39, 0.29) is 18.4 Å². The van der Waals surface area contributed by atoms with E-state index in [1.165, 1.54) is 6.08 Å². The minimum Gasteiger partial charge on any atom is -0.345 e. The topological polar surface area (TPSA) is 70.8 Å². The normalized spacial score (nSPS) is 23.1. The van der Waals surface area contributed by atoms with Crippen molar-refractivity contribution in [2.24, 2.45) is 0 Å². The van der Waals surface area contributed by atoms with Crippen molar-refractivity contribution in [3.8, 4) is 11.4 Å².